The van der Waals surface area contributed by atoms with E-state index in [4.69, 9.17) is 11.6 Å². The van der Waals surface area contributed by atoms with E-state index in [1.165, 1.54) is 0 Å². The number of hydrogen-bond donors (Lipinski definition) is 1. The minimum Gasteiger partial charge on any atom is -0.480 e. The van der Waals surface area contributed by atoms with Gasteiger partial charge in [0.1, 0.15) is 6.04 Å². The molecule has 10 heteroatoms. The fourth-order valence-corrected chi connectivity index (χ4v) is 7.36. The standard InChI is InChI=1S/C33H45ClF3N3O3/c1-22-7-5-10-28(30(22)23-11-13-27(14-12-23)43-33(35,36)37)31(32(41)42)39(4)18-17-29(24-8-6-9-25(34)21-24)40-19-15-26(16-20-40)38(2)3/h5-10,21,23,26-27,29,31H,11-20H2,1-4H3,(H,41,42)/t23?,27?,29-,31?/m0/s1. The van der Waals surface area contributed by atoms with E-state index < -0.39 is 24.5 Å². The number of aliphatic carboxylic acids is 1. The summed E-state index contributed by atoms with van der Waals surface area (Å²) in [6.07, 6.45) is -1.01. The normalized spacial score (nSPS) is 22.2. The zero-order valence-corrected chi connectivity index (χ0v) is 26.4. The molecule has 0 spiro atoms. The van der Waals surface area contributed by atoms with Crippen LogP contribution in [-0.2, 0) is 9.53 Å². The maximum atomic E-state index is 12.8. The summed E-state index contributed by atoms with van der Waals surface area (Å²) in [7, 11) is 6.10. The number of piperidine rings is 1. The molecule has 238 valence electrons. The molecule has 2 fully saturated rings. The van der Waals surface area contributed by atoms with Crippen LogP contribution < -0.4 is 0 Å². The Kier molecular flexibility index (Phi) is 11.6. The number of carboxylic acid groups (broad SMARTS) is 1. The summed E-state index contributed by atoms with van der Waals surface area (Å²) in [5.41, 5.74) is 3.77. The zero-order valence-electron chi connectivity index (χ0n) is 25.6. The lowest BCUT2D eigenvalue weighted by Gasteiger charge is -2.40. The molecule has 4 rings (SSSR count). The van der Waals surface area contributed by atoms with Crippen molar-refractivity contribution in [1.82, 2.24) is 14.7 Å². The van der Waals surface area contributed by atoms with E-state index in [0.717, 1.165) is 54.6 Å². The summed E-state index contributed by atoms with van der Waals surface area (Å²) >= 11 is 6.40. The van der Waals surface area contributed by atoms with Crippen molar-refractivity contribution in [3.05, 3.63) is 69.7 Å². The van der Waals surface area contributed by atoms with Gasteiger partial charge in [-0.3, -0.25) is 19.3 Å². The number of hydrogen-bond acceptors (Lipinski definition) is 5. The van der Waals surface area contributed by atoms with E-state index in [2.05, 4.69) is 34.7 Å². The highest BCUT2D eigenvalue weighted by Crippen LogP contribution is 2.41. The van der Waals surface area contributed by atoms with Crippen LogP contribution in [0.15, 0.2) is 42.5 Å². The van der Waals surface area contributed by atoms with Crippen molar-refractivity contribution in [3.8, 4) is 0 Å². The van der Waals surface area contributed by atoms with Crippen LogP contribution in [0.1, 0.15) is 85.2 Å². The Morgan fingerprint density at radius 1 is 1.05 bits per heavy atom. The highest BCUT2D eigenvalue weighted by atomic mass is 35.5. The lowest BCUT2D eigenvalue weighted by atomic mass is 9.77. The number of nitrogens with zero attached hydrogens (tertiary/aromatic N) is 3. The summed E-state index contributed by atoms with van der Waals surface area (Å²) in [5.74, 6) is -0.953. The molecule has 0 bridgehead atoms. The maximum Gasteiger partial charge on any atom is 0.522 e. The molecule has 2 atom stereocenters. The Morgan fingerprint density at radius 3 is 2.28 bits per heavy atom. The third kappa shape index (κ3) is 8.94. The van der Waals surface area contributed by atoms with Gasteiger partial charge in [0.2, 0.25) is 0 Å². The number of benzene rings is 2. The molecule has 2 aromatic carbocycles. The molecule has 0 amide bonds. The van der Waals surface area contributed by atoms with E-state index in [1.807, 2.05) is 55.3 Å². The van der Waals surface area contributed by atoms with Gasteiger partial charge in [-0.05, 0) is 113 Å². The molecule has 1 N–H and O–H groups in total. The minimum absolute atomic E-state index is 0.0169. The quantitative estimate of drug-likeness (QED) is 0.281. The monoisotopic (exact) mass is 623 g/mol. The number of ether oxygens (including phenoxy) is 1. The molecule has 0 radical (unpaired) electrons. The third-order valence-corrected chi connectivity index (χ3v) is 9.60. The van der Waals surface area contributed by atoms with Crippen LogP contribution in [0.2, 0.25) is 5.02 Å². The Hall–Kier alpha value is -2.17. The first-order valence-electron chi connectivity index (χ1n) is 15.3. The molecule has 1 unspecified atom stereocenters. The molecule has 43 heavy (non-hydrogen) atoms. The van der Waals surface area contributed by atoms with Gasteiger partial charge < -0.3 is 10.0 Å². The molecule has 1 aliphatic heterocycles. The van der Waals surface area contributed by atoms with Crippen molar-refractivity contribution in [1.29, 1.82) is 0 Å². The number of halogens is 4. The Labute approximate surface area is 258 Å². The number of rotatable bonds is 11. The van der Waals surface area contributed by atoms with E-state index in [0.29, 0.717) is 30.5 Å². The summed E-state index contributed by atoms with van der Waals surface area (Å²) in [4.78, 5) is 19.5. The van der Waals surface area contributed by atoms with Crippen molar-refractivity contribution in [2.45, 2.75) is 88.4 Å². The largest absolute Gasteiger partial charge is 0.522 e. The fourth-order valence-electron chi connectivity index (χ4n) is 7.16. The summed E-state index contributed by atoms with van der Waals surface area (Å²) in [6.45, 7) is 4.41. The Bertz CT molecular complexity index is 1210. The molecule has 0 aromatic heterocycles. The smallest absolute Gasteiger partial charge is 0.480 e. The second kappa shape index (κ2) is 14.7. The predicted octanol–water partition coefficient (Wildman–Crippen LogP) is 7.43. The lowest BCUT2D eigenvalue weighted by molar-refractivity contribution is -0.345. The van der Waals surface area contributed by atoms with Gasteiger partial charge in [-0.2, -0.15) is 0 Å². The molecular weight excluding hydrogens is 579 g/mol. The molecule has 1 aliphatic carbocycles. The highest BCUT2D eigenvalue weighted by Gasteiger charge is 2.37. The van der Waals surface area contributed by atoms with Gasteiger partial charge in [-0.15, -0.1) is 13.2 Å². The van der Waals surface area contributed by atoms with Crippen molar-refractivity contribution >= 4 is 17.6 Å². The number of carboxylic acids is 1. The van der Waals surface area contributed by atoms with Gasteiger partial charge in [0.25, 0.3) is 0 Å². The molecule has 1 saturated carbocycles. The minimum atomic E-state index is -4.65. The first kappa shape index (κ1) is 33.7. The number of likely N-dealkylation sites (N-methyl/N-ethyl adjacent to an activating group) is 1. The fraction of sp³-hybridized carbons (Fsp3) is 0.606. The van der Waals surface area contributed by atoms with Crippen molar-refractivity contribution < 1.29 is 27.8 Å². The molecule has 1 saturated heterocycles. The summed E-state index contributed by atoms with van der Waals surface area (Å²) in [5, 5.41) is 11.2. The third-order valence-electron chi connectivity index (χ3n) is 9.37. The Morgan fingerprint density at radius 2 is 1.70 bits per heavy atom. The zero-order chi connectivity index (χ0) is 31.3. The molecule has 1 heterocycles. The second-order valence-electron chi connectivity index (χ2n) is 12.4. The van der Waals surface area contributed by atoms with E-state index in [1.54, 1.807) is 0 Å². The van der Waals surface area contributed by atoms with Gasteiger partial charge in [0.15, 0.2) is 0 Å². The Balaban J connectivity index is 1.53. The van der Waals surface area contributed by atoms with Crippen LogP contribution in [-0.4, -0.2) is 85.1 Å². The van der Waals surface area contributed by atoms with Crippen LogP contribution in [0, 0.1) is 6.92 Å². The predicted molar refractivity (Wildman–Crippen MR) is 163 cm³/mol. The highest BCUT2D eigenvalue weighted by molar-refractivity contribution is 6.30. The van der Waals surface area contributed by atoms with Crippen LogP contribution in [0.3, 0.4) is 0 Å². The van der Waals surface area contributed by atoms with Gasteiger partial charge in [0, 0.05) is 36.7 Å². The first-order valence-corrected chi connectivity index (χ1v) is 15.6. The van der Waals surface area contributed by atoms with Crippen LogP contribution in [0.25, 0.3) is 0 Å². The van der Waals surface area contributed by atoms with Gasteiger partial charge in [0.05, 0.1) is 6.10 Å². The van der Waals surface area contributed by atoms with Gasteiger partial charge in [-0.25, -0.2) is 0 Å². The number of likely N-dealkylation sites (tertiary alicyclic amines) is 1. The van der Waals surface area contributed by atoms with Crippen LogP contribution in [0.4, 0.5) is 13.2 Å². The lowest BCUT2D eigenvalue weighted by Crippen LogP contribution is -2.44. The average Bonchev–Trinajstić information content (AvgIpc) is 2.93. The van der Waals surface area contributed by atoms with Crippen molar-refractivity contribution in [2.75, 3.05) is 40.8 Å². The van der Waals surface area contributed by atoms with Crippen molar-refractivity contribution in [3.63, 3.8) is 0 Å². The molecular formula is C33H45ClF3N3O3. The molecule has 6 nitrogen and oxygen atoms in total. The van der Waals surface area contributed by atoms with Crippen LogP contribution in [0.5, 0.6) is 0 Å². The summed E-state index contributed by atoms with van der Waals surface area (Å²) in [6, 6.07) is 13.4. The molecule has 2 aromatic rings. The topological polar surface area (TPSA) is 56.2 Å². The number of alkyl halides is 3. The van der Waals surface area contributed by atoms with Gasteiger partial charge in [-0.1, -0.05) is 41.9 Å². The van der Waals surface area contributed by atoms with E-state index in [-0.39, 0.29) is 24.8 Å². The van der Waals surface area contributed by atoms with Gasteiger partial charge >= 0.3 is 12.3 Å². The van der Waals surface area contributed by atoms with Crippen molar-refractivity contribution in [2.24, 2.45) is 0 Å². The van der Waals surface area contributed by atoms with Crippen LogP contribution >= 0.6 is 11.6 Å². The summed E-state index contributed by atoms with van der Waals surface area (Å²) < 4.78 is 42.7. The maximum absolute atomic E-state index is 12.8. The molecule has 2 aliphatic rings. The average molecular weight is 624 g/mol. The first-order chi connectivity index (χ1) is 20.3. The van der Waals surface area contributed by atoms with E-state index in [9.17, 15) is 23.1 Å². The second-order valence-corrected chi connectivity index (χ2v) is 12.9. The van der Waals surface area contributed by atoms with E-state index >= 15 is 0 Å². The number of carbonyl (C=O) groups is 1. The number of aryl methyl sites for hydroxylation is 1. The SMILES string of the molecule is Cc1cccc(C(C(=O)O)N(C)CC[C@@H](c2cccc(Cl)c2)N2CCC(N(C)C)CC2)c1C1CCC(OC(F)(F)F)CC1.